The lowest BCUT2D eigenvalue weighted by Gasteiger charge is -2.32. The average molecular weight is 437 g/mol. The van der Waals surface area contributed by atoms with Crippen LogP contribution in [0.3, 0.4) is 0 Å². The van der Waals surface area contributed by atoms with Gasteiger partial charge in [0.1, 0.15) is 11.6 Å². The summed E-state index contributed by atoms with van der Waals surface area (Å²) in [6.45, 7) is 5.09. The first-order valence-electron chi connectivity index (χ1n) is 9.82. The van der Waals surface area contributed by atoms with Gasteiger partial charge in [0.25, 0.3) is 0 Å². The molecule has 0 saturated carbocycles. The van der Waals surface area contributed by atoms with Gasteiger partial charge in [-0.2, -0.15) is 0 Å². The maximum absolute atomic E-state index is 13.0. The predicted octanol–water partition coefficient (Wildman–Crippen LogP) is 2.13. The van der Waals surface area contributed by atoms with Gasteiger partial charge in [0, 0.05) is 24.9 Å². The number of halogens is 1. The molecule has 0 spiro atoms. The van der Waals surface area contributed by atoms with Gasteiger partial charge in [-0.25, -0.2) is 0 Å². The van der Waals surface area contributed by atoms with E-state index in [1.807, 2.05) is 0 Å². The summed E-state index contributed by atoms with van der Waals surface area (Å²) in [5, 5.41) is 15.7. The maximum atomic E-state index is 13.0. The van der Waals surface area contributed by atoms with Gasteiger partial charge in [0.15, 0.2) is 5.78 Å². The molecule has 1 aromatic carbocycles. The molecule has 0 aliphatic rings. The Morgan fingerprint density at radius 1 is 1.13 bits per heavy atom. The van der Waals surface area contributed by atoms with Gasteiger partial charge in [-0.3, -0.25) is 19.2 Å². The Morgan fingerprint density at radius 2 is 1.73 bits per heavy atom. The number of ketones is 1. The van der Waals surface area contributed by atoms with Crippen LogP contribution >= 0.6 is 11.6 Å². The highest BCUT2D eigenvalue weighted by molar-refractivity contribution is 6.30. The van der Waals surface area contributed by atoms with Crippen molar-refractivity contribution in [1.29, 1.82) is 5.41 Å². The van der Waals surface area contributed by atoms with Crippen LogP contribution in [0.1, 0.15) is 52.0 Å². The van der Waals surface area contributed by atoms with Gasteiger partial charge in [0.05, 0.1) is 6.21 Å². The van der Waals surface area contributed by atoms with E-state index in [-0.39, 0.29) is 25.3 Å². The van der Waals surface area contributed by atoms with Crippen molar-refractivity contribution < 1.29 is 19.2 Å². The van der Waals surface area contributed by atoms with Crippen LogP contribution in [-0.2, 0) is 25.7 Å². The van der Waals surface area contributed by atoms with Gasteiger partial charge in [-0.1, -0.05) is 37.6 Å². The quantitative estimate of drug-likeness (QED) is 0.374. The van der Waals surface area contributed by atoms with Crippen molar-refractivity contribution in [2.24, 2.45) is 0 Å². The standard InChI is InChI=1S/C21H29ClN4O4/c1-4-21(5-2,26-14(3)27)20(30)25-18(11-10-17(28)12-23)19(29)24-13-15-6-8-16(22)9-7-15/h6-9,12,18,23H,4-5,10-11,13H2,1-3H3,(H,24,29)(H,25,30)(H,26,27)/t18-/m0/s1. The summed E-state index contributed by atoms with van der Waals surface area (Å²) in [7, 11) is 0. The van der Waals surface area contributed by atoms with Crippen molar-refractivity contribution in [3.05, 3.63) is 34.9 Å². The van der Waals surface area contributed by atoms with E-state index in [1.165, 1.54) is 6.92 Å². The van der Waals surface area contributed by atoms with Crippen molar-refractivity contribution in [2.75, 3.05) is 0 Å². The number of carbonyl (C=O) groups is 4. The summed E-state index contributed by atoms with van der Waals surface area (Å²) >= 11 is 5.86. The predicted molar refractivity (Wildman–Crippen MR) is 115 cm³/mol. The number of Topliss-reactive ketones (excluding diaryl/α,β-unsaturated/α-hetero) is 1. The summed E-state index contributed by atoms with van der Waals surface area (Å²) in [4.78, 5) is 48.8. The molecule has 4 N–H and O–H groups in total. The normalized spacial score (nSPS) is 11.9. The van der Waals surface area contributed by atoms with Crippen molar-refractivity contribution in [1.82, 2.24) is 16.0 Å². The Kier molecular flexibility index (Phi) is 10.2. The Morgan fingerprint density at radius 3 is 2.23 bits per heavy atom. The monoisotopic (exact) mass is 436 g/mol. The van der Waals surface area contributed by atoms with Crippen LogP contribution in [-0.4, -0.2) is 41.3 Å². The molecular formula is C21H29ClN4O4. The van der Waals surface area contributed by atoms with E-state index in [0.29, 0.717) is 24.1 Å². The molecule has 1 atom stereocenters. The topological polar surface area (TPSA) is 128 Å². The summed E-state index contributed by atoms with van der Waals surface area (Å²) in [6.07, 6.45) is 1.34. The van der Waals surface area contributed by atoms with Gasteiger partial charge in [0.2, 0.25) is 17.7 Å². The average Bonchev–Trinajstić information content (AvgIpc) is 2.73. The molecule has 9 heteroatoms. The number of carbonyl (C=O) groups excluding carboxylic acids is 4. The first-order valence-corrected chi connectivity index (χ1v) is 10.2. The Bertz CT molecular complexity index is 776. The number of nitrogens with one attached hydrogen (secondary N) is 4. The highest BCUT2D eigenvalue weighted by atomic mass is 35.5. The van der Waals surface area contributed by atoms with Gasteiger partial charge < -0.3 is 21.4 Å². The molecule has 0 saturated heterocycles. The van der Waals surface area contributed by atoms with Gasteiger partial charge in [-0.15, -0.1) is 0 Å². The van der Waals surface area contributed by atoms with Crippen molar-refractivity contribution in [3.63, 3.8) is 0 Å². The molecule has 0 unspecified atom stereocenters. The molecule has 3 amide bonds. The molecule has 0 radical (unpaired) electrons. The number of rotatable bonds is 12. The molecule has 0 bridgehead atoms. The molecule has 1 aromatic rings. The summed E-state index contributed by atoms with van der Waals surface area (Å²) < 4.78 is 0. The molecule has 1 rings (SSSR count). The second kappa shape index (κ2) is 12.1. The fourth-order valence-corrected chi connectivity index (χ4v) is 3.11. The van der Waals surface area contributed by atoms with Crippen LogP contribution in [0.15, 0.2) is 24.3 Å². The van der Waals surface area contributed by atoms with E-state index in [2.05, 4.69) is 16.0 Å². The number of hydrogen-bond donors (Lipinski definition) is 4. The molecule has 0 aliphatic heterocycles. The fourth-order valence-electron chi connectivity index (χ4n) is 2.98. The van der Waals surface area contributed by atoms with E-state index in [9.17, 15) is 19.2 Å². The zero-order chi connectivity index (χ0) is 22.7. The zero-order valence-electron chi connectivity index (χ0n) is 17.5. The van der Waals surface area contributed by atoms with Crippen molar-refractivity contribution in [2.45, 2.75) is 64.6 Å². The number of benzene rings is 1. The SMILES string of the molecule is CCC(CC)(NC(C)=O)C(=O)N[C@@H](CCC(=O)C=N)C(=O)NCc1ccc(Cl)cc1. The molecule has 0 aromatic heterocycles. The third-order valence-electron chi connectivity index (χ3n) is 4.90. The lowest BCUT2D eigenvalue weighted by Crippen LogP contribution is -2.61. The van der Waals surface area contributed by atoms with Crippen LogP contribution in [0.2, 0.25) is 5.02 Å². The highest BCUT2D eigenvalue weighted by Crippen LogP contribution is 2.17. The maximum Gasteiger partial charge on any atom is 0.246 e. The van der Waals surface area contributed by atoms with Crippen LogP contribution in [0.25, 0.3) is 0 Å². The van der Waals surface area contributed by atoms with Crippen LogP contribution < -0.4 is 16.0 Å². The highest BCUT2D eigenvalue weighted by Gasteiger charge is 2.37. The van der Waals surface area contributed by atoms with Crippen LogP contribution in [0.5, 0.6) is 0 Å². The largest absolute Gasteiger partial charge is 0.350 e. The lowest BCUT2D eigenvalue weighted by atomic mass is 9.90. The van der Waals surface area contributed by atoms with Crippen molar-refractivity contribution >= 4 is 41.3 Å². The Hall–Kier alpha value is -2.74. The molecule has 0 fully saturated rings. The van der Waals surface area contributed by atoms with Gasteiger partial charge in [-0.05, 0) is 37.0 Å². The molecule has 0 aliphatic carbocycles. The van der Waals surface area contributed by atoms with E-state index in [4.69, 9.17) is 17.0 Å². The second-order valence-electron chi connectivity index (χ2n) is 6.99. The molecule has 0 heterocycles. The first-order chi connectivity index (χ1) is 14.2. The minimum atomic E-state index is -1.15. The smallest absolute Gasteiger partial charge is 0.246 e. The lowest BCUT2D eigenvalue weighted by molar-refractivity contribution is -0.136. The van der Waals surface area contributed by atoms with Crippen molar-refractivity contribution in [3.8, 4) is 0 Å². The first kappa shape index (κ1) is 25.3. The Labute approximate surface area is 181 Å². The number of hydrogen-bond acceptors (Lipinski definition) is 5. The van der Waals surface area contributed by atoms with Crippen LogP contribution in [0, 0.1) is 5.41 Å². The summed E-state index contributed by atoms with van der Waals surface area (Å²) in [6, 6.07) is 5.96. The van der Waals surface area contributed by atoms with E-state index < -0.39 is 29.2 Å². The van der Waals surface area contributed by atoms with E-state index in [1.54, 1.807) is 38.1 Å². The minimum absolute atomic E-state index is 0.0377. The second-order valence-corrected chi connectivity index (χ2v) is 7.43. The minimum Gasteiger partial charge on any atom is -0.350 e. The third-order valence-corrected chi connectivity index (χ3v) is 5.15. The van der Waals surface area contributed by atoms with E-state index in [0.717, 1.165) is 5.56 Å². The fraction of sp³-hybridized carbons (Fsp3) is 0.476. The zero-order valence-corrected chi connectivity index (χ0v) is 18.3. The molecule has 164 valence electrons. The van der Waals surface area contributed by atoms with Gasteiger partial charge >= 0.3 is 0 Å². The number of amides is 3. The molecule has 8 nitrogen and oxygen atoms in total. The summed E-state index contributed by atoms with van der Waals surface area (Å²) in [5.74, 6) is -1.74. The third kappa shape index (κ3) is 7.59. The molecular weight excluding hydrogens is 408 g/mol. The van der Waals surface area contributed by atoms with Crippen LogP contribution in [0.4, 0.5) is 0 Å². The summed E-state index contributed by atoms with van der Waals surface area (Å²) in [5.41, 5.74) is -0.324. The molecule has 30 heavy (non-hydrogen) atoms. The Balaban J connectivity index is 2.94. The van der Waals surface area contributed by atoms with E-state index >= 15 is 0 Å².